The molecule has 1 heterocycles. The molecular weight excluding hydrogens is 416 g/mol. The quantitative estimate of drug-likeness (QED) is 0.599. The van der Waals surface area contributed by atoms with Crippen LogP contribution in [0.4, 0.5) is 5.69 Å². The normalized spacial score (nSPS) is 14.4. The lowest BCUT2D eigenvalue weighted by Crippen LogP contribution is -2.27. The van der Waals surface area contributed by atoms with Crippen LogP contribution in [0.3, 0.4) is 0 Å². The maximum absolute atomic E-state index is 12.6. The van der Waals surface area contributed by atoms with Crippen LogP contribution in [0.5, 0.6) is 11.5 Å². The number of carbonyl (C=O) groups is 1. The van der Waals surface area contributed by atoms with Crippen molar-refractivity contribution in [2.45, 2.75) is 44.4 Å². The molecule has 0 spiro atoms. The van der Waals surface area contributed by atoms with Crippen molar-refractivity contribution in [3.05, 3.63) is 48.0 Å². The monoisotopic (exact) mass is 446 g/mol. The van der Waals surface area contributed by atoms with E-state index in [4.69, 9.17) is 9.47 Å². The van der Waals surface area contributed by atoms with E-state index in [1.807, 2.05) is 32.0 Å². The minimum Gasteiger partial charge on any atom is -0.490 e. The van der Waals surface area contributed by atoms with Gasteiger partial charge in [0.05, 0.1) is 18.1 Å². The summed E-state index contributed by atoms with van der Waals surface area (Å²) in [6.07, 6.45) is 2.65. The second-order valence-electron chi connectivity index (χ2n) is 7.33. The van der Waals surface area contributed by atoms with Crippen molar-refractivity contribution < 1.29 is 22.7 Å². The maximum Gasteiger partial charge on any atom is 0.243 e. The van der Waals surface area contributed by atoms with Crippen LogP contribution in [0, 0.1) is 0 Å². The first-order valence-corrected chi connectivity index (χ1v) is 12.2. The zero-order valence-electron chi connectivity index (χ0n) is 18.1. The highest BCUT2D eigenvalue weighted by Gasteiger charge is 2.26. The number of benzene rings is 2. The molecule has 1 saturated heterocycles. The number of amides is 1. The fourth-order valence-corrected chi connectivity index (χ4v) is 5.04. The second-order valence-corrected chi connectivity index (χ2v) is 9.27. The molecule has 0 atom stereocenters. The number of nitrogens with zero attached hydrogens (tertiary/aromatic N) is 1. The highest BCUT2D eigenvalue weighted by molar-refractivity contribution is 7.89. The SMILES string of the molecule is CCOc1ccc(CCC(=O)Nc2ccc(S(=O)(=O)N3CCCC3)cc2)cc1OCC. The molecule has 2 aromatic rings. The molecule has 1 fully saturated rings. The summed E-state index contributed by atoms with van der Waals surface area (Å²) < 4.78 is 37.9. The first kappa shape index (κ1) is 23.1. The first-order chi connectivity index (χ1) is 14.9. The van der Waals surface area contributed by atoms with Crippen molar-refractivity contribution in [1.29, 1.82) is 0 Å². The largest absolute Gasteiger partial charge is 0.490 e. The van der Waals surface area contributed by atoms with Gasteiger partial charge in [0.25, 0.3) is 0 Å². The third kappa shape index (κ3) is 5.98. The summed E-state index contributed by atoms with van der Waals surface area (Å²) in [5, 5.41) is 2.83. The average Bonchev–Trinajstić information content (AvgIpc) is 3.30. The Balaban J connectivity index is 1.57. The molecule has 0 unspecified atom stereocenters. The highest BCUT2D eigenvalue weighted by Crippen LogP contribution is 2.29. The smallest absolute Gasteiger partial charge is 0.243 e. The number of hydrogen-bond donors (Lipinski definition) is 1. The summed E-state index contributed by atoms with van der Waals surface area (Å²) in [5.41, 5.74) is 1.56. The highest BCUT2D eigenvalue weighted by atomic mass is 32.2. The van der Waals surface area contributed by atoms with Crippen LogP contribution >= 0.6 is 0 Å². The van der Waals surface area contributed by atoms with Crippen LogP contribution in [0.25, 0.3) is 0 Å². The summed E-state index contributed by atoms with van der Waals surface area (Å²) in [6.45, 7) is 6.06. The maximum atomic E-state index is 12.6. The lowest BCUT2D eigenvalue weighted by molar-refractivity contribution is -0.116. The molecular formula is C23H30N2O5S. The molecule has 1 amide bonds. The number of sulfonamides is 1. The van der Waals surface area contributed by atoms with E-state index >= 15 is 0 Å². The Hall–Kier alpha value is -2.58. The lowest BCUT2D eigenvalue weighted by Gasteiger charge is -2.15. The van der Waals surface area contributed by atoms with Gasteiger partial charge in [0.15, 0.2) is 11.5 Å². The molecule has 0 saturated carbocycles. The van der Waals surface area contributed by atoms with Gasteiger partial charge >= 0.3 is 0 Å². The van der Waals surface area contributed by atoms with Gasteiger partial charge in [0, 0.05) is 25.2 Å². The zero-order chi connectivity index (χ0) is 22.3. The molecule has 0 radical (unpaired) electrons. The van der Waals surface area contributed by atoms with E-state index in [0.717, 1.165) is 18.4 Å². The van der Waals surface area contributed by atoms with E-state index in [1.54, 1.807) is 24.3 Å². The summed E-state index contributed by atoms with van der Waals surface area (Å²) in [7, 11) is -3.45. The van der Waals surface area contributed by atoms with Gasteiger partial charge in [-0.1, -0.05) is 6.07 Å². The topological polar surface area (TPSA) is 84.9 Å². The van der Waals surface area contributed by atoms with E-state index in [2.05, 4.69) is 5.32 Å². The molecule has 1 aliphatic heterocycles. The second kappa shape index (κ2) is 10.6. The van der Waals surface area contributed by atoms with Gasteiger partial charge in [-0.3, -0.25) is 4.79 Å². The van der Waals surface area contributed by atoms with Crippen LogP contribution in [0.15, 0.2) is 47.4 Å². The zero-order valence-corrected chi connectivity index (χ0v) is 18.9. The fraction of sp³-hybridized carbons (Fsp3) is 0.435. The van der Waals surface area contributed by atoms with Crippen LogP contribution in [-0.4, -0.2) is 44.9 Å². The molecule has 1 aliphatic rings. The predicted octanol–water partition coefficient (Wildman–Crippen LogP) is 3.84. The van der Waals surface area contributed by atoms with Gasteiger partial charge in [-0.05, 0) is 75.1 Å². The molecule has 0 aromatic heterocycles. The van der Waals surface area contributed by atoms with Gasteiger partial charge in [-0.2, -0.15) is 4.31 Å². The summed E-state index contributed by atoms with van der Waals surface area (Å²) in [5.74, 6) is 1.24. The van der Waals surface area contributed by atoms with Crippen molar-refractivity contribution in [3.8, 4) is 11.5 Å². The van der Waals surface area contributed by atoms with Gasteiger partial charge in [-0.15, -0.1) is 0 Å². The third-order valence-corrected chi connectivity index (χ3v) is 7.00. The molecule has 8 heteroatoms. The van der Waals surface area contributed by atoms with Crippen molar-refractivity contribution in [2.24, 2.45) is 0 Å². The van der Waals surface area contributed by atoms with Crippen molar-refractivity contribution in [2.75, 3.05) is 31.6 Å². The minimum atomic E-state index is -3.45. The minimum absolute atomic E-state index is 0.137. The first-order valence-electron chi connectivity index (χ1n) is 10.7. The summed E-state index contributed by atoms with van der Waals surface area (Å²) in [6, 6.07) is 12.0. The van der Waals surface area contributed by atoms with E-state index in [9.17, 15) is 13.2 Å². The van der Waals surface area contributed by atoms with E-state index in [-0.39, 0.29) is 10.8 Å². The lowest BCUT2D eigenvalue weighted by atomic mass is 10.1. The van der Waals surface area contributed by atoms with Crippen LogP contribution < -0.4 is 14.8 Å². The molecule has 0 bridgehead atoms. The Morgan fingerprint density at radius 3 is 2.26 bits per heavy atom. The van der Waals surface area contributed by atoms with Crippen LogP contribution in [0.2, 0.25) is 0 Å². The van der Waals surface area contributed by atoms with E-state index < -0.39 is 10.0 Å². The molecule has 1 N–H and O–H groups in total. The molecule has 31 heavy (non-hydrogen) atoms. The predicted molar refractivity (Wildman–Crippen MR) is 120 cm³/mol. The Morgan fingerprint density at radius 2 is 1.61 bits per heavy atom. The Bertz CT molecular complexity index is 984. The van der Waals surface area contributed by atoms with Gasteiger partial charge < -0.3 is 14.8 Å². The third-order valence-electron chi connectivity index (χ3n) is 5.09. The Labute approximate surface area is 184 Å². The number of nitrogens with one attached hydrogen (secondary N) is 1. The number of aryl methyl sites for hydroxylation is 1. The Kier molecular flexibility index (Phi) is 7.92. The summed E-state index contributed by atoms with van der Waals surface area (Å²) in [4.78, 5) is 12.6. The van der Waals surface area contributed by atoms with E-state index in [0.29, 0.717) is 56.3 Å². The number of carbonyl (C=O) groups excluding carboxylic acids is 1. The molecule has 2 aromatic carbocycles. The van der Waals surface area contributed by atoms with E-state index in [1.165, 1.54) is 4.31 Å². The van der Waals surface area contributed by atoms with Crippen LogP contribution in [-0.2, 0) is 21.2 Å². The summed E-state index contributed by atoms with van der Waals surface area (Å²) >= 11 is 0. The molecule has 7 nitrogen and oxygen atoms in total. The number of ether oxygens (including phenoxy) is 2. The number of rotatable bonds is 10. The van der Waals surface area contributed by atoms with Crippen LogP contribution in [0.1, 0.15) is 38.7 Å². The van der Waals surface area contributed by atoms with Gasteiger partial charge in [-0.25, -0.2) is 8.42 Å². The van der Waals surface area contributed by atoms with Crippen molar-refractivity contribution in [3.63, 3.8) is 0 Å². The molecule has 3 rings (SSSR count). The van der Waals surface area contributed by atoms with Gasteiger partial charge in [0.2, 0.25) is 15.9 Å². The average molecular weight is 447 g/mol. The van der Waals surface area contributed by atoms with Gasteiger partial charge in [0.1, 0.15) is 0 Å². The number of anilines is 1. The standard InChI is InChI=1S/C23H30N2O5S/c1-3-29-21-13-7-18(17-22(21)30-4-2)8-14-23(26)24-19-9-11-20(12-10-19)31(27,28)25-15-5-6-16-25/h7,9-13,17H,3-6,8,14-16H2,1-2H3,(H,24,26). The van der Waals surface area contributed by atoms with Crippen molar-refractivity contribution >= 4 is 21.6 Å². The molecule has 0 aliphatic carbocycles. The van der Waals surface area contributed by atoms with Crippen molar-refractivity contribution in [1.82, 2.24) is 4.31 Å². The fourth-order valence-electron chi connectivity index (χ4n) is 3.52. The Morgan fingerprint density at radius 1 is 0.968 bits per heavy atom. The number of hydrogen-bond acceptors (Lipinski definition) is 5. The molecule has 168 valence electrons.